The number of sulfone groups is 1. The summed E-state index contributed by atoms with van der Waals surface area (Å²) in [5.74, 6) is -0.478. The van der Waals surface area contributed by atoms with E-state index in [4.69, 9.17) is 0 Å². The van der Waals surface area contributed by atoms with Gasteiger partial charge in [-0.3, -0.25) is 4.79 Å². The van der Waals surface area contributed by atoms with Gasteiger partial charge in [0.1, 0.15) is 0 Å². The second-order valence-corrected chi connectivity index (χ2v) is 10.4. The average molecular weight is 476 g/mol. The summed E-state index contributed by atoms with van der Waals surface area (Å²) in [6, 6.07) is 22.4. The molecule has 8 heteroatoms. The molecule has 0 bridgehead atoms. The number of nitrogens with one attached hydrogen (secondary N) is 1. The molecule has 0 radical (unpaired) electrons. The van der Waals surface area contributed by atoms with Gasteiger partial charge in [0.15, 0.2) is 15.0 Å². The van der Waals surface area contributed by atoms with Crippen LogP contribution in [-0.2, 0) is 15.6 Å². The van der Waals surface area contributed by atoms with Crippen LogP contribution in [0.25, 0.3) is 0 Å². The zero-order valence-electron chi connectivity index (χ0n) is 17.8. The molecule has 0 aliphatic heterocycles. The van der Waals surface area contributed by atoms with Crippen molar-refractivity contribution in [1.82, 2.24) is 9.97 Å². The number of amides is 1. The molecule has 0 atom stereocenters. The summed E-state index contributed by atoms with van der Waals surface area (Å²) in [5, 5.41) is 3.56. The summed E-state index contributed by atoms with van der Waals surface area (Å²) >= 11 is 1.44. The first-order chi connectivity index (χ1) is 15.9. The molecule has 0 aliphatic carbocycles. The molecule has 0 aliphatic rings. The molecular formula is C25H21N3O3S2. The number of anilines is 1. The van der Waals surface area contributed by atoms with Crippen molar-refractivity contribution < 1.29 is 13.2 Å². The summed E-state index contributed by atoms with van der Waals surface area (Å²) < 4.78 is 25.3. The molecule has 0 spiro atoms. The van der Waals surface area contributed by atoms with Crippen LogP contribution < -0.4 is 5.32 Å². The van der Waals surface area contributed by atoms with Gasteiger partial charge in [-0.2, -0.15) is 0 Å². The van der Waals surface area contributed by atoms with E-state index in [2.05, 4.69) is 15.3 Å². The normalized spacial score (nSPS) is 11.2. The molecule has 0 fully saturated rings. The maximum Gasteiger partial charge on any atom is 0.255 e. The molecule has 4 rings (SSSR count). The van der Waals surface area contributed by atoms with Gasteiger partial charge in [-0.25, -0.2) is 18.4 Å². The molecule has 0 unspecified atom stereocenters. The standard InChI is InChI=1S/C25H21N3O3S2/c1-18-15-21(32-25-26-13-6-14-27-25)11-12-23(18)28-24(29)20-8-5-7-19(16-20)17-33(30,31)22-9-3-2-4-10-22/h2-16H,17H2,1H3,(H,28,29). The number of carbonyl (C=O) groups is 1. The van der Waals surface area contributed by atoms with Crippen LogP contribution in [-0.4, -0.2) is 24.3 Å². The molecule has 1 aromatic heterocycles. The number of aryl methyl sites for hydroxylation is 1. The molecule has 166 valence electrons. The van der Waals surface area contributed by atoms with E-state index in [0.717, 1.165) is 10.5 Å². The first-order valence-corrected chi connectivity index (χ1v) is 12.6. The van der Waals surface area contributed by atoms with Gasteiger partial charge in [0, 0.05) is 28.5 Å². The number of aromatic nitrogens is 2. The smallest absolute Gasteiger partial charge is 0.255 e. The molecule has 1 N–H and O–H groups in total. The number of benzene rings is 3. The van der Waals surface area contributed by atoms with Crippen molar-refractivity contribution in [3.05, 3.63) is 108 Å². The molecular weight excluding hydrogens is 454 g/mol. The maximum atomic E-state index is 12.8. The Balaban J connectivity index is 1.47. The van der Waals surface area contributed by atoms with E-state index in [9.17, 15) is 13.2 Å². The lowest BCUT2D eigenvalue weighted by Gasteiger charge is -2.11. The number of rotatable bonds is 7. The minimum absolute atomic E-state index is 0.176. The van der Waals surface area contributed by atoms with Crippen LogP contribution in [0.4, 0.5) is 5.69 Å². The second kappa shape index (κ2) is 9.97. The van der Waals surface area contributed by atoms with Crippen LogP contribution in [0.1, 0.15) is 21.5 Å². The van der Waals surface area contributed by atoms with Gasteiger partial charge in [-0.05, 0) is 78.3 Å². The molecule has 1 heterocycles. The van der Waals surface area contributed by atoms with E-state index in [1.807, 2.05) is 25.1 Å². The number of nitrogens with zero attached hydrogens (tertiary/aromatic N) is 2. The lowest BCUT2D eigenvalue weighted by atomic mass is 10.1. The van der Waals surface area contributed by atoms with E-state index in [1.165, 1.54) is 11.8 Å². The van der Waals surface area contributed by atoms with E-state index in [1.54, 1.807) is 73.1 Å². The van der Waals surface area contributed by atoms with Gasteiger partial charge in [0.25, 0.3) is 5.91 Å². The van der Waals surface area contributed by atoms with Crippen LogP contribution in [0, 0.1) is 6.92 Å². The largest absolute Gasteiger partial charge is 0.322 e. The summed E-state index contributed by atoms with van der Waals surface area (Å²) in [5.41, 5.74) is 2.52. The minimum atomic E-state index is -3.50. The number of hydrogen-bond donors (Lipinski definition) is 1. The molecule has 33 heavy (non-hydrogen) atoms. The van der Waals surface area contributed by atoms with Gasteiger partial charge >= 0.3 is 0 Å². The third kappa shape index (κ3) is 5.85. The monoisotopic (exact) mass is 475 g/mol. The molecule has 1 amide bonds. The van der Waals surface area contributed by atoms with Crippen molar-refractivity contribution >= 4 is 33.2 Å². The van der Waals surface area contributed by atoms with Crippen molar-refractivity contribution in [3.63, 3.8) is 0 Å². The Hall–Kier alpha value is -3.49. The van der Waals surface area contributed by atoms with E-state index >= 15 is 0 Å². The van der Waals surface area contributed by atoms with E-state index in [-0.39, 0.29) is 16.6 Å². The highest BCUT2D eigenvalue weighted by Gasteiger charge is 2.16. The first-order valence-electron chi connectivity index (χ1n) is 10.1. The Morgan fingerprint density at radius 3 is 2.39 bits per heavy atom. The summed E-state index contributed by atoms with van der Waals surface area (Å²) in [7, 11) is -3.50. The van der Waals surface area contributed by atoms with Crippen LogP contribution in [0.3, 0.4) is 0 Å². The van der Waals surface area contributed by atoms with Crippen LogP contribution in [0.2, 0.25) is 0 Å². The minimum Gasteiger partial charge on any atom is -0.322 e. The Morgan fingerprint density at radius 2 is 1.67 bits per heavy atom. The van der Waals surface area contributed by atoms with Gasteiger partial charge in [-0.15, -0.1) is 0 Å². The first kappa shape index (κ1) is 22.7. The second-order valence-electron chi connectivity index (χ2n) is 7.34. The zero-order valence-corrected chi connectivity index (χ0v) is 19.4. The quantitative estimate of drug-likeness (QED) is 0.371. The van der Waals surface area contributed by atoms with Gasteiger partial charge in [0.05, 0.1) is 10.6 Å². The van der Waals surface area contributed by atoms with Crippen molar-refractivity contribution in [1.29, 1.82) is 0 Å². The summed E-state index contributed by atoms with van der Waals surface area (Å²) in [4.78, 5) is 22.5. The molecule has 0 saturated heterocycles. The number of hydrogen-bond acceptors (Lipinski definition) is 6. The average Bonchev–Trinajstić information content (AvgIpc) is 2.82. The van der Waals surface area contributed by atoms with Crippen LogP contribution in [0.5, 0.6) is 0 Å². The Bertz CT molecular complexity index is 1380. The van der Waals surface area contributed by atoms with Crippen LogP contribution >= 0.6 is 11.8 Å². The third-order valence-electron chi connectivity index (χ3n) is 4.85. The van der Waals surface area contributed by atoms with Crippen molar-refractivity contribution in [2.45, 2.75) is 27.6 Å². The SMILES string of the molecule is Cc1cc(Sc2ncccn2)ccc1NC(=O)c1cccc(CS(=O)(=O)c2ccccc2)c1. The van der Waals surface area contributed by atoms with Crippen LogP contribution in [0.15, 0.2) is 106 Å². The Morgan fingerprint density at radius 1 is 0.909 bits per heavy atom. The Labute approximate surface area is 197 Å². The fourth-order valence-corrected chi connectivity index (χ4v) is 5.38. The fraction of sp³-hybridized carbons (Fsp3) is 0.0800. The highest BCUT2D eigenvalue weighted by Crippen LogP contribution is 2.28. The summed E-state index contributed by atoms with van der Waals surface area (Å²) in [6.07, 6.45) is 3.38. The van der Waals surface area contributed by atoms with Gasteiger partial charge in [0.2, 0.25) is 0 Å². The topological polar surface area (TPSA) is 89.0 Å². The maximum absolute atomic E-state index is 12.8. The van der Waals surface area contributed by atoms with Crippen molar-refractivity contribution in [3.8, 4) is 0 Å². The highest BCUT2D eigenvalue weighted by atomic mass is 32.2. The molecule has 6 nitrogen and oxygen atoms in total. The molecule has 3 aromatic carbocycles. The van der Waals surface area contributed by atoms with E-state index < -0.39 is 9.84 Å². The zero-order chi connectivity index (χ0) is 23.3. The molecule has 0 saturated carbocycles. The lowest BCUT2D eigenvalue weighted by molar-refractivity contribution is 0.102. The number of carbonyl (C=O) groups excluding carboxylic acids is 1. The van der Waals surface area contributed by atoms with E-state index in [0.29, 0.717) is 22.0 Å². The van der Waals surface area contributed by atoms with Crippen molar-refractivity contribution in [2.75, 3.05) is 5.32 Å². The predicted octanol–water partition coefficient (Wildman–Crippen LogP) is 5.16. The summed E-state index contributed by atoms with van der Waals surface area (Å²) in [6.45, 7) is 1.91. The predicted molar refractivity (Wildman–Crippen MR) is 129 cm³/mol. The third-order valence-corrected chi connectivity index (χ3v) is 7.43. The molecule has 4 aromatic rings. The lowest BCUT2D eigenvalue weighted by Crippen LogP contribution is -2.13. The van der Waals surface area contributed by atoms with Gasteiger partial charge < -0.3 is 5.32 Å². The fourth-order valence-electron chi connectivity index (χ4n) is 3.21. The highest BCUT2D eigenvalue weighted by molar-refractivity contribution is 7.99. The van der Waals surface area contributed by atoms with Crippen molar-refractivity contribution in [2.24, 2.45) is 0 Å². The van der Waals surface area contributed by atoms with Gasteiger partial charge in [-0.1, -0.05) is 30.3 Å². The Kier molecular flexibility index (Phi) is 6.86.